The van der Waals surface area contributed by atoms with E-state index in [-0.39, 0.29) is 6.71 Å². The highest BCUT2D eigenvalue weighted by Gasteiger charge is 2.44. The summed E-state index contributed by atoms with van der Waals surface area (Å²) in [7, 11) is 0. The van der Waals surface area contributed by atoms with Crippen LogP contribution in [0.2, 0.25) is 0 Å². The Morgan fingerprint density at radius 2 is 0.613 bits per heavy atom. The summed E-state index contributed by atoms with van der Waals surface area (Å²) in [5, 5.41) is 14.0. The van der Waals surface area contributed by atoms with Gasteiger partial charge in [-0.3, -0.25) is 0 Å². The summed E-state index contributed by atoms with van der Waals surface area (Å²) in [6.07, 6.45) is 0. The van der Waals surface area contributed by atoms with Crippen LogP contribution in [0.15, 0.2) is 258 Å². The van der Waals surface area contributed by atoms with E-state index < -0.39 is 0 Å². The van der Waals surface area contributed by atoms with Crippen molar-refractivity contribution in [2.45, 2.75) is 0 Å². The number of fused-ring (bicyclic) bond motifs is 14. The minimum Gasteiger partial charge on any atom is -0.456 e. The number of rotatable bonds is 4. The molecule has 0 aliphatic carbocycles. The molecule has 5 heteroatoms. The van der Waals surface area contributed by atoms with E-state index in [4.69, 9.17) is 8.83 Å². The Bertz CT molecular complexity index is 4630. The van der Waals surface area contributed by atoms with Gasteiger partial charge in [0.1, 0.15) is 22.3 Å². The number of anilines is 6. The van der Waals surface area contributed by atoms with E-state index in [0.717, 1.165) is 89.1 Å². The maximum absolute atomic E-state index is 6.85. The molecular formula is C70H41BN2O2. The zero-order valence-corrected chi connectivity index (χ0v) is 40.5. The highest BCUT2D eigenvalue weighted by atomic mass is 16.3. The lowest BCUT2D eigenvalue weighted by molar-refractivity contribution is 0.668. The summed E-state index contributed by atoms with van der Waals surface area (Å²) in [6.45, 7) is -0.116. The lowest BCUT2D eigenvalue weighted by Gasteiger charge is -2.45. The number of hydrogen-bond acceptors (Lipinski definition) is 4. The fraction of sp³-hybridized carbons (Fsp3) is 0. The van der Waals surface area contributed by atoms with E-state index in [9.17, 15) is 0 Å². The molecule has 0 radical (unpaired) electrons. The topological polar surface area (TPSA) is 32.8 Å². The molecule has 4 heterocycles. The van der Waals surface area contributed by atoms with Crippen LogP contribution in [0, 0.1) is 0 Å². The molecular weight excluding hydrogens is 912 g/mol. The molecule has 0 fully saturated rings. The number of hydrogen-bond donors (Lipinski definition) is 0. The van der Waals surface area contributed by atoms with Gasteiger partial charge in [-0.15, -0.1) is 0 Å². The van der Waals surface area contributed by atoms with Gasteiger partial charge in [0.05, 0.1) is 11.4 Å². The van der Waals surface area contributed by atoms with Gasteiger partial charge >= 0.3 is 0 Å². The Labute approximate surface area is 431 Å². The fourth-order valence-electron chi connectivity index (χ4n) is 13.1. The quantitative estimate of drug-likeness (QED) is 0.165. The summed E-state index contributed by atoms with van der Waals surface area (Å²) in [6, 6.07) is 91.6. The van der Waals surface area contributed by atoms with Gasteiger partial charge in [-0.05, 0) is 119 Å². The van der Waals surface area contributed by atoms with Gasteiger partial charge in [0.15, 0.2) is 0 Å². The van der Waals surface area contributed by atoms with Gasteiger partial charge in [-0.2, -0.15) is 0 Å². The lowest BCUT2D eigenvalue weighted by Crippen LogP contribution is -2.61. The lowest BCUT2D eigenvalue weighted by atomic mass is 9.33. The molecule has 75 heavy (non-hydrogen) atoms. The van der Waals surface area contributed by atoms with Crippen LogP contribution in [0.25, 0.3) is 109 Å². The van der Waals surface area contributed by atoms with Gasteiger partial charge < -0.3 is 18.6 Å². The number of nitrogens with zero attached hydrogens (tertiary/aromatic N) is 2. The molecule has 346 valence electrons. The number of benzene rings is 13. The molecule has 2 aliphatic heterocycles. The predicted molar refractivity (Wildman–Crippen MR) is 316 cm³/mol. The number of furan rings is 2. The second-order valence-corrected chi connectivity index (χ2v) is 20.3. The van der Waals surface area contributed by atoms with E-state index in [0.29, 0.717) is 0 Å². The summed E-state index contributed by atoms with van der Waals surface area (Å²) in [4.78, 5) is 5.11. The standard InChI is InChI=1S/C70H41BN2O2/c1-3-20-46-36-64-58(34-44(46)18-1)71-59-35-45-19-2-4-21-47(45)37-65(59)73(63-41-69-57(53-27-10-12-33-67(53)75-69)39-55(63)51-29-14-23-43-17-6-8-25-49(43)51)61-31-15-30-60(70(61)71)72(64)62-40-68-56(52-26-9-11-32-66(52)74-68)38-54(62)50-28-13-22-42-16-5-7-24-48(42)50/h1-41H. The second-order valence-electron chi connectivity index (χ2n) is 20.3. The van der Waals surface area contributed by atoms with Gasteiger partial charge in [-0.1, -0.05) is 188 Å². The first-order chi connectivity index (χ1) is 37.2. The van der Waals surface area contributed by atoms with Crippen molar-refractivity contribution in [2.24, 2.45) is 0 Å². The van der Waals surface area contributed by atoms with Crippen LogP contribution in [0.5, 0.6) is 0 Å². The maximum Gasteiger partial charge on any atom is 0.252 e. The Morgan fingerprint density at radius 1 is 0.240 bits per heavy atom. The monoisotopic (exact) mass is 952 g/mol. The highest BCUT2D eigenvalue weighted by molar-refractivity contribution is 7.00. The van der Waals surface area contributed by atoms with Crippen LogP contribution in [0.3, 0.4) is 0 Å². The Morgan fingerprint density at radius 3 is 1.08 bits per heavy atom. The van der Waals surface area contributed by atoms with E-state index in [1.54, 1.807) is 0 Å². The Kier molecular flexibility index (Phi) is 8.33. The summed E-state index contributed by atoms with van der Waals surface area (Å²) < 4.78 is 13.7. The Hall–Kier alpha value is -9.84. The molecule has 0 amide bonds. The summed E-state index contributed by atoms with van der Waals surface area (Å²) in [5.74, 6) is 0. The van der Waals surface area contributed by atoms with Gasteiger partial charge in [0.25, 0.3) is 6.71 Å². The molecule has 2 aromatic heterocycles. The average molecular weight is 953 g/mol. The summed E-state index contributed by atoms with van der Waals surface area (Å²) >= 11 is 0. The van der Waals surface area contributed by atoms with Crippen molar-refractivity contribution in [3.63, 3.8) is 0 Å². The van der Waals surface area contributed by atoms with Gasteiger partial charge in [-0.25, -0.2) is 0 Å². The van der Waals surface area contributed by atoms with Crippen molar-refractivity contribution in [1.29, 1.82) is 0 Å². The van der Waals surface area contributed by atoms with E-state index in [1.807, 2.05) is 0 Å². The van der Waals surface area contributed by atoms with Crippen LogP contribution >= 0.6 is 0 Å². The first kappa shape index (κ1) is 40.7. The molecule has 13 aromatic carbocycles. The van der Waals surface area contributed by atoms with Crippen molar-refractivity contribution in [1.82, 2.24) is 0 Å². The molecule has 0 atom stereocenters. The first-order valence-electron chi connectivity index (χ1n) is 25.8. The van der Waals surface area contributed by atoms with E-state index in [1.165, 1.54) is 70.6 Å². The van der Waals surface area contributed by atoms with Crippen LogP contribution in [-0.4, -0.2) is 6.71 Å². The van der Waals surface area contributed by atoms with Crippen LogP contribution < -0.4 is 26.2 Å². The fourth-order valence-corrected chi connectivity index (χ4v) is 13.1. The van der Waals surface area contributed by atoms with Crippen molar-refractivity contribution in [3.05, 3.63) is 249 Å². The highest BCUT2D eigenvalue weighted by Crippen LogP contribution is 2.52. The molecule has 0 bridgehead atoms. The third-order valence-electron chi connectivity index (χ3n) is 16.4. The zero-order valence-electron chi connectivity index (χ0n) is 40.5. The molecule has 0 spiro atoms. The van der Waals surface area contributed by atoms with Crippen LogP contribution in [0.1, 0.15) is 0 Å². The second kappa shape index (κ2) is 15.3. The Balaban J connectivity index is 1.02. The molecule has 0 unspecified atom stereocenters. The van der Waals surface area contributed by atoms with E-state index in [2.05, 4.69) is 259 Å². The van der Waals surface area contributed by atoms with Crippen molar-refractivity contribution in [3.8, 4) is 22.3 Å². The molecule has 17 rings (SSSR count). The molecule has 2 aliphatic rings. The molecule has 0 saturated heterocycles. The van der Waals surface area contributed by atoms with E-state index >= 15 is 0 Å². The van der Waals surface area contributed by atoms with Gasteiger partial charge in [0.2, 0.25) is 0 Å². The number of para-hydroxylation sites is 2. The largest absolute Gasteiger partial charge is 0.456 e. The van der Waals surface area contributed by atoms with Crippen LogP contribution in [-0.2, 0) is 0 Å². The zero-order chi connectivity index (χ0) is 48.9. The minimum atomic E-state index is -0.116. The minimum absolute atomic E-state index is 0.116. The third kappa shape index (κ3) is 5.83. The van der Waals surface area contributed by atoms with Crippen molar-refractivity contribution in [2.75, 3.05) is 9.80 Å². The van der Waals surface area contributed by atoms with Crippen LogP contribution in [0.4, 0.5) is 34.1 Å². The maximum atomic E-state index is 6.85. The van der Waals surface area contributed by atoms with Crippen molar-refractivity contribution >= 4 is 144 Å². The molecule has 0 N–H and O–H groups in total. The van der Waals surface area contributed by atoms with Crippen molar-refractivity contribution < 1.29 is 8.83 Å². The van der Waals surface area contributed by atoms with Gasteiger partial charge in [0, 0.05) is 67.6 Å². The normalized spacial score (nSPS) is 13.0. The summed E-state index contributed by atoms with van der Waals surface area (Å²) in [5.41, 5.74) is 18.4. The smallest absolute Gasteiger partial charge is 0.252 e. The first-order valence-corrected chi connectivity index (χ1v) is 25.8. The molecule has 0 saturated carbocycles. The molecule has 15 aromatic rings. The third-order valence-corrected chi connectivity index (χ3v) is 16.4. The average Bonchev–Trinajstić information content (AvgIpc) is 4.02. The molecule has 4 nitrogen and oxygen atoms in total. The predicted octanol–water partition coefficient (Wildman–Crippen LogP) is 17.5. The SMILES string of the molecule is c1cc2c3c(c1)N(c1cc4oc5ccccc5c4cc1-c1cccc4ccccc14)c1cc4ccccc4cc1B3c1cc3ccccc3cc1N2c1cc2oc3ccccc3c2cc1-c1cccc2ccccc12.